The summed E-state index contributed by atoms with van der Waals surface area (Å²) in [6.45, 7) is 8.31. The van der Waals surface area contributed by atoms with Gasteiger partial charge in [-0.1, -0.05) is 0 Å². The van der Waals surface area contributed by atoms with Crippen molar-refractivity contribution in [2.24, 2.45) is 5.92 Å². The molecular weight excluding hydrogens is 442 g/mol. The van der Waals surface area contributed by atoms with Crippen molar-refractivity contribution in [2.75, 3.05) is 20.1 Å². The molecule has 2 aromatic heterocycles. The molecule has 2 amide bonds. The second-order valence-electron chi connectivity index (χ2n) is 9.69. The van der Waals surface area contributed by atoms with E-state index in [1.54, 1.807) is 4.90 Å². The minimum atomic E-state index is -0.857. The van der Waals surface area contributed by atoms with Gasteiger partial charge in [-0.3, -0.25) is 4.79 Å². The summed E-state index contributed by atoms with van der Waals surface area (Å²) < 4.78 is 37.4. The van der Waals surface area contributed by atoms with Crippen molar-refractivity contribution in [2.45, 2.75) is 39.7 Å². The van der Waals surface area contributed by atoms with E-state index in [-0.39, 0.29) is 28.8 Å². The van der Waals surface area contributed by atoms with Gasteiger partial charge in [0.05, 0.1) is 17.0 Å². The standard InChI is InChI=1S/C25H28F2N4O3/c1-14-6-7-31-19(9-15-12-30(13-15)24(33)34-25(2,3)4)22(29-20(31)8-14)21-17(26)10-16(11-18(21)27)23(32)28-5/h6-8,10-11,15H,9,12-13H2,1-5H3,(H,28,32). The fraction of sp³-hybridized carbons (Fsp3) is 0.400. The first-order valence-corrected chi connectivity index (χ1v) is 11.1. The summed E-state index contributed by atoms with van der Waals surface area (Å²) in [4.78, 5) is 30.3. The van der Waals surface area contributed by atoms with Gasteiger partial charge in [-0.15, -0.1) is 0 Å². The average molecular weight is 471 g/mol. The first-order chi connectivity index (χ1) is 16.0. The number of halogens is 2. The van der Waals surface area contributed by atoms with E-state index >= 15 is 8.78 Å². The molecule has 3 aromatic rings. The Bertz CT molecular complexity index is 1250. The Hall–Kier alpha value is -3.49. The van der Waals surface area contributed by atoms with Gasteiger partial charge in [0, 0.05) is 31.9 Å². The maximum atomic E-state index is 15.1. The third-order valence-corrected chi connectivity index (χ3v) is 5.74. The highest BCUT2D eigenvalue weighted by Gasteiger charge is 2.35. The predicted octanol–water partition coefficient (Wildman–Crippen LogP) is 4.36. The Kier molecular flexibility index (Phi) is 6.05. The minimum Gasteiger partial charge on any atom is -0.444 e. The highest BCUT2D eigenvalue weighted by Crippen LogP contribution is 2.33. The third-order valence-electron chi connectivity index (χ3n) is 5.74. The summed E-state index contributed by atoms with van der Waals surface area (Å²) in [6.07, 6.45) is 1.92. The van der Waals surface area contributed by atoms with Crippen LogP contribution in [0.5, 0.6) is 0 Å². The Morgan fingerprint density at radius 3 is 2.41 bits per heavy atom. The van der Waals surface area contributed by atoms with Gasteiger partial charge in [0.15, 0.2) is 0 Å². The smallest absolute Gasteiger partial charge is 0.410 e. The number of ether oxygens (including phenoxy) is 1. The number of hydrogen-bond donors (Lipinski definition) is 1. The molecule has 0 aliphatic carbocycles. The lowest BCUT2D eigenvalue weighted by molar-refractivity contribution is -0.00101. The number of hydrogen-bond acceptors (Lipinski definition) is 4. The fourth-order valence-electron chi connectivity index (χ4n) is 4.12. The lowest BCUT2D eigenvalue weighted by Gasteiger charge is -2.39. The van der Waals surface area contributed by atoms with Gasteiger partial charge in [0.2, 0.25) is 0 Å². The molecule has 34 heavy (non-hydrogen) atoms. The number of imidazole rings is 1. The quantitative estimate of drug-likeness (QED) is 0.615. The molecule has 0 spiro atoms. The van der Waals surface area contributed by atoms with Crippen molar-refractivity contribution < 1.29 is 23.1 Å². The maximum Gasteiger partial charge on any atom is 0.410 e. The molecule has 9 heteroatoms. The summed E-state index contributed by atoms with van der Waals surface area (Å²) in [7, 11) is 1.40. The SMILES string of the molecule is CNC(=O)c1cc(F)c(-c2nc3cc(C)ccn3c2CC2CN(C(=O)OC(C)(C)C)C2)c(F)c1. The molecule has 7 nitrogen and oxygen atoms in total. The van der Waals surface area contributed by atoms with Gasteiger partial charge in [-0.25, -0.2) is 18.6 Å². The molecule has 0 unspecified atom stereocenters. The van der Waals surface area contributed by atoms with Crippen molar-refractivity contribution in [1.29, 1.82) is 0 Å². The van der Waals surface area contributed by atoms with Crippen LogP contribution in [0.1, 0.15) is 42.4 Å². The number of likely N-dealkylation sites (tertiary alicyclic amines) is 1. The second kappa shape index (κ2) is 8.70. The van der Waals surface area contributed by atoms with E-state index in [1.165, 1.54) is 7.05 Å². The van der Waals surface area contributed by atoms with Crippen molar-refractivity contribution in [3.05, 3.63) is 58.9 Å². The lowest BCUT2D eigenvalue weighted by atomic mass is 9.93. The maximum absolute atomic E-state index is 15.1. The van der Waals surface area contributed by atoms with Gasteiger partial charge < -0.3 is 19.4 Å². The molecule has 0 radical (unpaired) electrons. The zero-order valence-corrected chi connectivity index (χ0v) is 19.9. The van der Waals surface area contributed by atoms with Crippen LogP contribution in [0.2, 0.25) is 0 Å². The molecule has 1 aliphatic heterocycles. The van der Waals surface area contributed by atoms with E-state index in [1.807, 2.05) is 50.4 Å². The average Bonchev–Trinajstić information content (AvgIpc) is 3.04. The molecule has 4 rings (SSSR count). The topological polar surface area (TPSA) is 75.9 Å². The predicted molar refractivity (Wildman–Crippen MR) is 124 cm³/mol. The third kappa shape index (κ3) is 4.60. The normalized spacial score (nSPS) is 14.3. The first kappa shape index (κ1) is 23.7. The van der Waals surface area contributed by atoms with Crippen LogP contribution in [-0.4, -0.2) is 52.0 Å². The van der Waals surface area contributed by atoms with E-state index in [0.717, 1.165) is 17.7 Å². The van der Waals surface area contributed by atoms with E-state index in [2.05, 4.69) is 10.3 Å². The first-order valence-electron chi connectivity index (χ1n) is 11.1. The number of fused-ring (bicyclic) bond motifs is 1. The zero-order chi connectivity index (χ0) is 24.8. The largest absolute Gasteiger partial charge is 0.444 e. The molecule has 1 saturated heterocycles. The molecule has 1 fully saturated rings. The van der Waals surface area contributed by atoms with E-state index < -0.39 is 23.1 Å². The molecule has 0 saturated carbocycles. The van der Waals surface area contributed by atoms with Crippen molar-refractivity contribution in [1.82, 2.24) is 19.6 Å². The Morgan fingerprint density at radius 1 is 1.18 bits per heavy atom. The monoisotopic (exact) mass is 470 g/mol. The summed E-state index contributed by atoms with van der Waals surface area (Å²) in [6, 6.07) is 5.78. The van der Waals surface area contributed by atoms with Crippen LogP contribution in [0.25, 0.3) is 16.9 Å². The number of nitrogens with zero attached hydrogens (tertiary/aromatic N) is 3. The molecule has 0 atom stereocenters. The number of aromatic nitrogens is 2. The number of carbonyl (C=O) groups excluding carboxylic acids is 2. The van der Waals surface area contributed by atoms with Crippen LogP contribution in [-0.2, 0) is 11.2 Å². The van der Waals surface area contributed by atoms with Crippen LogP contribution in [0, 0.1) is 24.5 Å². The van der Waals surface area contributed by atoms with E-state index in [0.29, 0.717) is 30.9 Å². The van der Waals surface area contributed by atoms with Crippen molar-refractivity contribution >= 4 is 17.6 Å². The zero-order valence-electron chi connectivity index (χ0n) is 19.9. The Morgan fingerprint density at radius 2 is 1.82 bits per heavy atom. The number of rotatable bonds is 4. The number of carbonyl (C=O) groups is 2. The molecular formula is C25H28F2N4O3. The summed E-state index contributed by atoms with van der Waals surface area (Å²) in [5.41, 5.74) is 1.43. The lowest BCUT2D eigenvalue weighted by Crippen LogP contribution is -2.52. The summed E-state index contributed by atoms with van der Waals surface area (Å²) in [5.74, 6) is -2.21. The van der Waals surface area contributed by atoms with Crippen molar-refractivity contribution in [3.8, 4) is 11.3 Å². The van der Waals surface area contributed by atoms with Crippen LogP contribution in [0.4, 0.5) is 13.6 Å². The van der Waals surface area contributed by atoms with Gasteiger partial charge in [-0.05, 0) is 69.9 Å². The van der Waals surface area contributed by atoms with Gasteiger partial charge in [0.25, 0.3) is 5.91 Å². The van der Waals surface area contributed by atoms with Gasteiger partial charge in [-0.2, -0.15) is 0 Å². The second-order valence-corrected chi connectivity index (χ2v) is 9.69. The van der Waals surface area contributed by atoms with Gasteiger partial charge in [0.1, 0.15) is 22.9 Å². The van der Waals surface area contributed by atoms with E-state index in [9.17, 15) is 9.59 Å². The van der Waals surface area contributed by atoms with Crippen LogP contribution in [0.3, 0.4) is 0 Å². The number of aryl methyl sites for hydroxylation is 1. The number of benzene rings is 1. The molecule has 3 heterocycles. The Labute approximate surface area is 196 Å². The Balaban J connectivity index is 1.68. The molecule has 0 bridgehead atoms. The number of amides is 2. The minimum absolute atomic E-state index is 0.0868. The molecule has 1 aromatic carbocycles. The molecule has 180 valence electrons. The highest BCUT2D eigenvalue weighted by molar-refractivity contribution is 5.94. The van der Waals surface area contributed by atoms with Crippen LogP contribution < -0.4 is 5.32 Å². The molecule has 1 N–H and O–H groups in total. The summed E-state index contributed by atoms with van der Waals surface area (Å²) in [5, 5.41) is 2.37. The summed E-state index contributed by atoms with van der Waals surface area (Å²) >= 11 is 0. The van der Waals surface area contributed by atoms with Gasteiger partial charge >= 0.3 is 6.09 Å². The van der Waals surface area contributed by atoms with Crippen LogP contribution >= 0.6 is 0 Å². The molecule has 1 aliphatic rings. The number of nitrogens with one attached hydrogen (secondary N) is 1. The van der Waals surface area contributed by atoms with Crippen LogP contribution in [0.15, 0.2) is 30.5 Å². The van der Waals surface area contributed by atoms with E-state index in [4.69, 9.17) is 4.74 Å². The van der Waals surface area contributed by atoms with Crippen molar-refractivity contribution in [3.63, 3.8) is 0 Å². The highest BCUT2D eigenvalue weighted by atomic mass is 19.1. The fourth-order valence-corrected chi connectivity index (χ4v) is 4.12. The number of pyridine rings is 1.